The van der Waals surface area contributed by atoms with Gasteiger partial charge in [-0.3, -0.25) is 14.9 Å². The van der Waals surface area contributed by atoms with Gasteiger partial charge in [0, 0.05) is 27.9 Å². The van der Waals surface area contributed by atoms with Crippen LogP contribution in [-0.4, -0.2) is 23.4 Å². The number of nitro benzene ring substituents is 1. The van der Waals surface area contributed by atoms with E-state index in [1.807, 2.05) is 19.1 Å². The van der Waals surface area contributed by atoms with Crippen molar-refractivity contribution in [1.82, 2.24) is 0 Å². The van der Waals surface area contributed by atoms with Crippen LogP contribution in [0.25, 0.3) is 10.1 Å². The number of esters is 1. The molecule has 26 heavy (non-hydrogen) atoms. The zero-order chi connectivity index (χ0) is 18.7. The lowest BCUT2D eigenvalue weighted by molar-refractivity contribution is -0.384. The number of thiophene rings is 1. The largest absolute Gasteiger partial charge is 0.451 e. The number of hydrogen-bond donors (Lipinski definition) is 1. The van der Waals surface area contributed by atoms with Gasteiger partial charge in [0.15, 0.2) is 6.61 Å². The zero-order valence-electron chi connectivity index (χ0n) is 13.7. The molecule has 0 radical (unpaired) electrons. The number of hydrogen-bond acceptors (Lipinski definition) is 6. The number of nitro groups is 1. The highest BCUT2D eigenvalue weighted by molar-refractivity contribution is 7.20. The lowest BCUT2D eigenvalue weighted by atomic mass is 10.2. The van der Waals surface area contributed by atoms with E-state index in [1.54, 1.807) is 18.2 Å². The van der Waals surface area contributed by atoms with Crippen LogP contribution in [0, 0.1) is 17.0 Å². The smallest absolute Gasteiger partial charge is 0.348 e. The van der Waals surface area contributed by atoms with E-state index in [1.165, 1.54) is 18.2 Å². The number of aryl methyl sites for hydroxylation is 1. The molecule has 0 aliphatic heterocycles. The van der Waals surface area contributed by atoms with Crippen molar-refractivity contribution in [3.8, 4) is 0 Å². The van der Waals surface area contributed by atoms with E-state index in [4.69, 9.17) is 4.74 Å². The molecular weight excluding hydrogens is 356 g/mol. The number of ether oxygens (including phenoxy) is 1. The molecule has 2 aromatic carbocycles. The number of anilines is 1. The van der Waals surface area contributed by atoms with Crippen molar-refractivity contribution >= 4 is 44.7 Å². The summed E-state index contributed by atoms with van der Waals surface area (Å²) < 4.78 is 5.75. The van der Waals surface area contributed by atoms with Crippen LogP contribution in [0.4, 0.5) is 11.4 Å². The van der Waals surface area contributed by atoms with Gasteiger partial charge in [0.1, 0.15) is 4.88 Å². The fraction of sp³-hybridized carbons (Fsp3) is 0.111. The van der Waals surface area contributed by atoms with E-state index in [-0.39, 0.29) is 10.6 Å². The molecule has 1 heterocycles. The molecule has 0 unspecified atom stereocenters. The van der Waals surface area contributed by atoms with Crippen LogP contribution in [0.5, 0.6) is 0 Å². The Morgan fingerprint density at radius 2 is 2.00 bits per heavy atom. The summed E-state index contributed by atoms with van der Waals surface area (Å²) in [4.78, 5) is 34.6. The summed E-state index contributed by atoms with van der Waals surface area (Å²) in [5.41, 5.74) is 1.58. The van der Waals surface area contributed by atoms with E-state index in [2.05, 4.69) is 5.32 Å². The molecule has 0 saturated carbocycles. The fourth-order valence-corrected chi connectivity index (χ4v) is 3.30. The van der Waals surface area contributed by atoms with Crippen molar-refractivity contribution in [2.75, 3.05) is 11.9 Å². The minimum Gasteiger partial charge on any atom is -0.451 e. The molecule has 1 N–H and O–H groups in total. The molecule has 7 nitrogen and oxygen atoms in total. The lowest BCUT2D eigenvalue weighted by Gasteiger charge is -2.06. The van der Waals surface area contributed by atoms with E-state index < -0.39 is 23.4 Å². The van der Waals surface area contributed by atoms with Crippen molar-refractivity contribution < 1.29 is 19.2 Å². The Balaban J connectivity index is 1.63. The van der Waals surface area contributed by atoms with Gasteiger partial charge in [-0.15, -0.1) is 11.3 Å². The Bertz CT molecular complexity index is 1010. The summed E-state index contributed by atoms with van der Waals surface area (Å²) in [6.07, 6.45) is 0. The normalized spacial score (nSPS) is 10.5. The van der Waals surface area contributed by atoms with Crippen LogP contribution in [-0.2, 0) is 9.53 Å². The molecule has 8 heteroatoms. The average molecular weight is 370 g/mol. The molecule has 1 aromatic heterocycles. The highest BCUT2D eigenvalue weighted by Gasteiger charge is 2.15. The Labute approximate surface area is 152 Å². The molecule has 0 atom stereocenters. The van der Waals surface area contributed by atoms with Crippen molar-refractivity contribution in [2.45, 2.75) is 6.92 Å². The molecule has 0 saturated heterocycles. The third kappa shape index (κ3) is 4.04. The number of benzene rings is 2. The topological polar surface area (TPSA) is 98.5 Å². The second-order valence-electron chi connectivity index (χ2n) is 5.58. The highest BCUT2D eigenvalue weighted by atomic mass is 32.1. The van der Waals surface area contributed by atoms with Gasteiger partial charge in [-0.2, -0.15) is 0 Å². The second-order valence-corrected chi connectivity index (χ2v) is 6.67. The Kier molecular flexibility index (Phi) is 4.94. The van der Waals surface area contributed by atoms with E-state index >= 15 is 0 Å². The minimum atomic E-state index is -0.645. The van der Waals surface area contributed by atoms with E-state index in [0.717, 1.165) is 21.6 Å². The molecular formula is C18H14N2O5S. The maximum Gasteiger partial charge on any atom is 0.348 e. The Morgan fingerprint density at radius 1 is 1.19 bits per heavy atom. The molecule has 132 valence electrons. The predicted molar refractivity (Wildman–Crippen MR) is 98.6 cm³/mol. The fourth-order valence-electron chi connectivity index (χ4n) is 2.37. The number of nitrogens with one attached hydrogen (secondary N) is 1. The molecule has 0 fully saturated rings. The summed E-state index contributed by atoms with van der Waals surface area (Å²) in [5.74, 6) is -1.09. The summed E-state index contributed by atoms with van der Waals surface area (Å²) in [7, 11) is 0. The monoisotopic (exact) mass is 370 g/mol. The number of carbonyl (C=O) groups excluding carboxylic acids is 2. The highest BCUT2D eigenvalue weighted by Crippen LogP contribution is 2.29. The van der Waals surface area contributed by atoms with Gasteiger partial charge in [-0.25, -0.2) is 4.79 Å². The number of nitrogens with zero attached hydrogens (tertiary/aromatic N) is 1. The van der Waals surface area contributed by atoms with Crippen LogP contribution in [0.1, 0.15) is 15.2 Å². The third-order valence-electron chi connectivity index (χ3n) is 3.55. The third-order valence-corrected chi connectivity index (χ3v) is 4.64. The van der Waals surface area contributed by atoms with Gasteiger partial charge in [-0.1, -0.05) is 12.1 Å². The van der Waals surface area contributed by atoms with Gasteiger partial charge in [0.25, 0.3) is 11.6 Å². The molecule has 1 amide bonds. The van der Waals surface area contributed by atoms with Crippen LogP contribution >= 0.6 is 11.3 Å². The maximum absolute atomic E-state index is 12.1. The van der Waals surface area contributed by atoms with Crippen molar-refractivity contribution in [2.24, 2.45) is 0 Å². The number of fused-ring (bicyclic) bond motifs is 1. The van der Waals surface area contributed by atoms with Gasteiger partial charge in [0.05, 0.1) is 4.92 Å². The van der Waals surface area contributed by atoms with Gasteiger partial charge in [0.2, 0.25) is 0 Å². The Morgan fingerprint density at radius 3 is 2.73 bits per heavy atom. The molecule has 3 aromatic rings. The van der Waals surface area contributed by atoms with E-state index in [0.29, 0.717) is 11.1 Å². The first-order chi connectivity index (χ1) is 12.4. The van der Waals surface area contributed by atoms with Crippen LogP contribution in [0.2, 0.25) is 0 Å². The van der Waals surface area contributed by atoms with Gasteiger partial charge in [-0.05, 0) is 36.8 Å². The first kappa shape index (κ1) is 17.6. The standard InChI is InChI=1S/C18H14N2O5S/c1-11-3-2-4-13(7-11)19-17(21)10-25-18(22)16-9-12-8-14(20(23)24)5-6-15(12)26-16/h2-9H,10H2,1H3,(H,19,21). The summed E-state index contributed by atoms with van der Waals surface area (Å²) in [6.45, 7) is 1.49. The summed E-state index contributed by atoms with van der Waals surface area (Å²) in [5, 5.41) is 14.0. The van der Waals surface area contributed by atoms with Gasteiger partial charge < -0.3 is 10.1 Å². The SMILES string of the molecule is Cc1cccc(NC(=O)COC(=O)c2cc3cc([N+](=O)[O-])ccc3s2)c1. The van der Waals surface area contributed by atoms with Crippen molar-refractivity contribution in [3.05, 3.63) is 69.1 Å². The first-order valence-electron chi connectivity index (χ1n) is 7.64. The van der Waals surface area contributed by atoms with Crippen LogP contribution in [0.3, 0.4) is 0 Å². The first-order valence-corrected chi connectivity index (χ1v) is 8.45. The Hall–Kier alpha value is -3.26. The number of carbonyl (C=O) groups is 2. The number of amides is 1. The second kappa shape index (κ2) is 7.32. The molecule has 0 spiro atoms. The molecule has 0 bridgehead atoms. The molecule has 0 aliphatic carbocycles. The summed E-state index contributed by atoms with van der Waals surface area (Å²) >= 11 is 1.15. The van der Waals surface area contributed by atoms with Crippen molar-refractivity contribution in [3.63, 3.8) is 0 Å². The van der Waals surface area contributed by atoms with Gasteiger partial charge >= 0.3 is 5.97 Å². The number of rotatable bonds is 5. The van der Waals surface area contributed by atoms with E-state index in [9.17, 15) is 19.7 Å². The van der Waals surface area contributed by atoms with Crippen LogP contribution in [0.15, 0.2) is 48.5 Å². The van der Waals surface area contributed by atoms with Crippen LogP contribution < -0.4 is 5.32 Å². The molecule has 3 rings (SSSR count). The average Bonchev–Trinajstić information content (AvgIpc) is 3.03. The quantitative estimate of drug-likeness (QED) is 0.417. The number of non-ortho nitro benzene ring substituents is 1. The minimum absolute atomic E-state index is 0.0484. The predicted octanol–water partition coefficient (Wildman–Crippen LogP) is 3.91. The lowest BCUT2D eigenvalue weighted by Crippen LogP contribution is -2.20. The maximum atomic E-state index is 12.1. The zero-order valence-corrected chi connectivity index (χ0v) is 14.5. The molecule has 0 aliphatic rings. The van der Waals surface area contributed by atoms with Crippen molar-refractivity contribution in [1.29, 1.82) is 0 Å². The summed E-state index contributed by atoms with van der Waals surface area (Å²) in [6, 6.07) is 13.1.